The number of amides is 1. The first-order valence-corrected chi connectivity index (χ1v) is 9.53. The summed E-state index contributed by atoms with van der Waals surface area (Å²) in [5.41, 5.74) is 2.01. The van der Waals surface area contributed by atoms with E-state index in [1.807, 2.05) is 31.2 Å². The van der Waals surface area contributed by atoms with Crippen LogP contribution in [-0.2, 0) is 11.3 Å². The highest BCUT2D eigenvalue weighted by Crippen LogP contribution is 2.33. The molecule has 1 amide bonds. The highest BCUT2D eigenvalue weighted by molar-refractivity contribution is 7.99. The Kier molecular flexibility index (Phi) is 6.01. The molecule has 3 rings (SSSR count). The highest BCUT2D eigenvalue weighted by atomic mass is 35.5. The lowest BCUT2D eigenvalue weighted by Crippen LogP contribution is -2.19. The van der Waals surface area contributed by atoms with E-state index in [1.165, 1.54) is 28.6 Å². The SMILES string of the molecule is Cc1ccc(Sc2cc(NC(=O)Cn3cc(Cl)c(C)n3)cc([N+](=O)[O-])c2)cc1. The first kappa shape index (κ1) is 19.9. The Morgan fingerprint density at radius 3 is 2.54 bits per heavy atom. The van der Waals surface area contributed by atoms with Crippen LogP contribution in [-0.4, -0.2) is 20.6 Å². The summed E-state index contributed by atoms with van der Waals surface area (Å²) in [5.74, 6) is -0.356. The number of nitrogens with zero attached hydrogens (tertiary/aromatic N) is 3. The molecule has 144 valence electrons. The lowest BCUT2D eigenvalue weighted by atomic mass is 10.2. The Balaban J connectivity index is 1.79. The smallest absolute Gasteiger partial charge is 0.272 e. The molecule has 0 atom stereocenters. The van der Waals surface area contributed by atoms with Gasteiger partial charge in [0.05, 0.1) is 15.6 Å². The summed E-state index contributed by atoms with van der Waals surface area (Å²) in [6.07, 6.45) is 1.56. The van der Waals surface area contributed by atoms with Crippen molar-refractivity contribution in [2.45, 2.75) is 30.2 Å². The second kappa shape index (κ2) is 8.45. The summed E-state index contributed by atoms with van der Waals surface area (Å²) < 4.78 is 1.42. The van der Waals surface area contributed by atoms with Gasteiger partial charge in [-0.15, -0.1) is 0 Å². The van der Waals surface area contributed by atoms with E-state index in [9.17, 15) is 14.9 Å². The van der Waals surface area contributed by atoms with Gasteiger partial charge in [0.1, 0.15) is 6.54 Å². The number of anilines is 1. The number of aromatic nitrogens is 2. The van der Waals surface area contributed by atoms with Crippen molar-refractivity contribution in [3.8, 4) is 0 Å². The van der Waals surface area contributed by atoms with Crippen molar-refractivity contribution < 1.29 is 9.72 Å². The molecule has 3 aromatic rings. The minimum atomic E-state index is -0.481. The lowest BCUT2D eigenvalue weighted by Gasteiger charge is -2.08. The van der Waals surface area contributed by atoms with Gasteiger partial charge in [-0.3, -0.25) is 19.6 Å². The Hall–Kier alpha value is -2.84. The van der Waals surface area contributed by atoms with Crippen LogP contribution in [0.25, 0.3) is 0 Å². The number of nitro benzene ring substituents is 1. The maximum Gasteiger partial charge on any atom is 0.272 e. The van der Waals surface area contributed by atoms with Crippen molar-refractivity contribution in [3.05, 3.63) is 75.1 Å². The van der Waals surface area contributed by atoms with Gasteiger partial charge in [-0.25, -0.2) is 0 Å². The van der Waals surface area contributed by atoms with Gasteiger partial charge < -0.3 is 5.32 Å². The second-order valence-corrected chi connectivity index (χ2v) is 7.75. The molecule has 0 saturated heterocycles. The molecule has 0 fully saturated rings. The van der Waals surface area contributed by atoms with E-state index in [0.29, 0.717) is 21.3 Å². The van der Waals surface area contributed by atoms with E-state index >= 15 is 0 Å². The second-order valence-electron chi connectivity index (χ2n) is 6.20. The van der Waals surface area contributed by atoms with E-state index in [-0.39, 0.29) is 18.1 Å². The van der Waals surface area contributed by atoms with Crippen LogP contribution >= 0.6 is 23.4 Å². The minimum Gasteiger partial charge on any atom is -0.324 e. The quantitative estimate of drug-likeness (QED) is 0.458. The molecule has 2 aromatic carbocycles. The molecular formula is C19H17ClN4O3S. The normalized spacial score (nSPS) is 10.7. The number of benzene rings is 2. The molecule has 1 aromatic heterocycles. The number of carbonyl (C=O) groups is 1. The zero-order valence-corrected chi connectivity index (χ0v) is 16.8. The van der Waals surface area contributed by atoms with Crippen LogP contribution < -0.4 is 5.32 Å². The van der Waals surface area contributed by atoms with Crippen molar-refractivity contribution in [3.63, 3.8) is 0 Å². The van der Waals surface area contributed by atoms with Gasteiger partial charge in [-0.05, 0) is 32.0 Å². The summed E-state index contributed by atoms with van der Waals surface area (Å²) in [7, 11) is 0. The van der Waals surface area contributed by atoms with Gasteiger partial charge >= 0.3 is 0 Å². The number of rotatable bonds is 6. The van der Waals surface area contributed by atoms with Crippen LogP contribution in [0.5, 0.6) is 0 Å². The summed E-state index contributed by atoms with van der Waals surface area (Å²) in [6.45, 7) is 3.69. The zero-order valence-electron chi connectivity index (χ0n) is 15.2. The highest BCUT2D eigenvalue weighted by Gasteiger charge is 2.14. The van der Waals surface area contributed by atoms with Crippen LogP contribution in [0.3, 0.4) is 0 Å². The van der Waals surface area contributed by atoms with Crippen molar-refractivity contribution >= 4 is 40.6 Å². The third-order valence-electron chi connectivity index (χ3n) is 3.83. The third-order valence-corrected chi connectivity index (χ3v) is 5.18. The summed E-state index contributed by atoms with van der Waals surface area (Å²) in [4.78, 5) is 24.7. The number of aryl methyl sites for hydroxylation is 2. The van der Waals surface area contributed by atoms with Crippen molar-refractivity contribution in [1.29, 1.82) is 0 Å². The van der Waals surface area contributed by atoms with Gasteiger partial charge in [-0.2, -0.15) is 5.10 Å². The minimum absolute atomic E-state index is 0.0450. The molecule has 7 nitrogen and oxygen atoms in total. The van der Waals surface area contributed by atoms with Gasteiger partial charge in [0.15, 0.2) is 0 Å². The van der Waals surface area contributed by atoms with Crippen molar-refractivity contribution in [2.24, 2.45) is 0 Å². The van der Waals surface area contributed by atoms with Crippen LogP contribution in [0.1, 0.15) is 11.3 Å². The molecule has 28 heavy (non-hydrogen) atoms. The number of hydrogen-bond acceptors (Lipinski definition) is 5. The monoisotopic (exact) mass is 416 g/mol. The van der Waals surface area contributed by atoms with Crippen LogP contribution in [0.4, 0.5) is 11.4 Å². The van der Waals surface area contributed by atoms with Crippen LogP contribution in [0, 0.1) is 24.0 Å². The fourth-order valence-electron chi connectivity index (χ4n) is 2.48. The molecule has 0 spiro atoms. The molecule has 1 N–H and O–H groups in total. The standard InChI is InChI=1S/C19H17ClN4O3S/c1-12-3-5-16(6-4-12)28-17-8-14(7-15(9-17)24(26)27)21-19(25)11-23-10-18(20)13(2)22-23/h3-10H,11H2,1-2H3,(H,21,25). The largest absolute Gasteiger partial charge is 0.324 e. The van der Waals surface area contributed by atoms with Gasteiger partial charge in [0.2, 0.25) is 5.91 Å². The molecule has 0 aliphatic rings. The molecule has 1 heterocycles. The topological polar surface area (TPSA) is 90.1 Å². The number of carbonyl (C=O) groups excluding carboxylic acids is 1. The number of halogens is 1. The zero-order chi connectivity index (χ0) is 20.3. The maximum absolute atomic E-state index is 12.3. The van der Waals surface area contributed by atoms with Crippen molar-refractivity contribution in [2.75, 3.05) is 5.32 Å². The predicted molar refractivity (Wildman–Crippen MR) is 109 cm³/mol. The number of non-ortho nitro benzene ring substituents is 1. The molecule has 0 saturated carbocycles. The van der Waals surface area contributed by atoms with Crippen molar-refractivity contribution in [1.82, 2.24) is 9.78 Å². The van der Waals surface area contributed by atoms with Crippen LogP contribution in [0.2, 0.25) is 5.02 Å². The molecule has 0 aliphatic carbocycles. The Morgan fingerprint density at radius 1 is 1.21 bits per heavy atom. The summed E-state index contributed by atoms with van der Waals surface area (Å²) >= 11 is 7.33. The summed E-state index contributed by atoms with van der Waals surface area (Å²) in [5, 5.41) is 18.6. The molecular weight excluding hydrogens is 400 g/mol. The number of hydrogen-bond donors (Lipinski definition) is 1. The fourth-order valence-corrected chi connectivity index (χ4v) is 3.54. The lowest BCUT2D eigenvalue weighted by molar-refractivity contribution is -0.385. The van der Waals surface area contributed by atoms with Gasteiger partial charge in [-0.1, -0.05) is 41.1 Å². The molecule has 0 radical (unpaired) electrons. The Labute approximate surface area is 170 Å². The predicted octanol–water partition coefficient (Wildman–Crippen LogP) is 4.85. The molecule has 0 bridgehead atoms. The third kappa shape index (κ3) is 5.11. The van der Waals surface area contributed by atoms with E-state index in [1.54, 1.807) is 19.2 Å². The molecule has 0 unspecified atom stereocenters. The number of nitrogens with one attached hydrogen (secondary N) is 1. The van der Waals surface area contributed by atoms with Crippen LogP contribution in [0.15, 0.2) is 58.5 Å². The molecule has 9 heteroatoms. The van der Waals surface area contributed by atoms with Gasteiger partial charge in [0, 0.05) is 33.8 Å². The van der Waals surface area contributed by atoms with E-state index in [2.05, 4.69) is 10.4 Å². The Morgan fingerprint density at radius 2 is 1.93 bits per heavy atom. The fraction of sp³-hybridized carbons (Fsp3) is 0.158. The average molecular weight is 417 g/mol. The van der Waals surface area contributed by atoms with Gasteiger partial charge in [0.25, 0.3) is 5.69 Å². The first-order chi connectivity index (χ1) is 13.3. The Bertz CT molecular complexity index is 1010. The number of nitro groups is 1. The average Bonchev–Trinajstić information content (AvgIpc) is 2.93. The summed E-state index contributed by atoms with van der Waals surface area (Å²) in [6, 6.07) is 12.4. The van der Waals surface area contributed by atoms with E-state index < -0.39 is 4.92 Å². The maximum atomic E-state index is 12.3. The van der Waals surface area contributed by atoms with E-state index in [0.717, 1.165) is 10.5 Å². The first-order valence-electron chi connectivity index (χ1n) is 8.33. The molecule has 0 aliphatic heterocycles. The van der Waals surface area contributed by atoms with E-state index in [4.69, 9.17) is 11.6 Å².